The molecule has 0 saturated heterocycles. The van der Waals surface area contributed by atoms with Crippen LogP contribution in [0.2, 0.25) is 0 Å². The number of aromatic nitrogens is 2. The van der Waals surface area contributed by atoms with Crippen LogP contribution in [0, 0.1) is 5.92 Å². The molecule has 0 bridgehead atoms. The summed E-state index contributed by atoms with van der Waals surface area (Å²) in [5.41, 5.74) is 1.79. The van der Waals surface area contributed by atoms with Crippen molar-refractivity contribution in [1.29, 1.82) is 0 Å². The van der Waals surface area contributed by atoms with Crippen LogP contribution in [-0.4, -0.2) is 35.0 Å². The molecule has 1 aliphatic heterocycles. The smallest absolute Gasteiger partial charge is 0.287 e. The van der Waals surface area contributed by atoms with E-state index in [4.69, 9.17) is 4.74 Å². The number of fused-ring (bicyclic) bond motifs is 1. The Balaban J connectivity index is 1.81. The predicted octanol–water partition coefficient (Wildman–Crippen LogP) is 3.26. The van der Waals surface area contributed by atoms with Gasteiger partial charge in [-0.2, -0.15) is 0 Å². The van der Waals surface area contributed by atoms with E-state index in [0.717, 1.165) is 31.4 Å². The summed E-state index contributed by atoms with van der Waals surface area (Å²) in [5.74, 6) is 0.979. The van der Waals surface area contributed by atoms with Gasteiger partial charge in [-0.05, 0) is 43.7 Å². The third kappa shape index (κ3) is 4.52. The number of imidazole rings is 1. The number of methoxy groups -OCH3 is 1. The fourth-order valence-corrected chi connectivity index (χ4v) is 3.34. The van der Waals surface area contributed by atoms with Crippen molar-refractivity contribution in [1.82, 2.24) is 14.9 Å². The summed E-state index contributed by atoms with van der Waals surface area (Å²) in [6, 6.07) is 7.17. The SMILES string of the molecule is COc1cccc(NC(=O)c2nc(C(=O)NCCC(C)C)n3c2CCCC3)c1. The monoisotopic (exact) mass is 384 g/mol. The number of ether oxygens (including phenoxy) is 1. The summed E-state index contributed by atoms with van der Waals surface area (Å²) in [6.07, 6.45) is 3.61. The van der Waals surface area contributed by atoms with E-state index in [9.17, 15) is 9.59 Å². The van der Waals surface area contributed by atoms with Gasteiger partial charge in [0, 0.05) is 24.8 Å². The Kier molecular flexibility index (Phi) is 6.34. The molecule has 3 rings (SSSR count). The third-order valence-corrected chi connectivity index (χ3v) is 4.87. The number of amides is 2. The van der Waals surface area contributed by atoms with Gasteiger partial charge < -0.3 is 19.9 Å². The minimum Gasteiger partial charge on any atom is -0.497 e. The second-order valence-electron chi connectivity index (χ2n) is 7.46. The van der Waals surface area contributed by atoms with E-state index in [1.165, 1.54) is 0 Å². The zero-order valence-electron chi connectivity index (χ0n) is 16.7. The molecule has 0 saturated carbocycles. The standard InChI is InChI=1S/C21H28N4O3/c1-14(2)10-11-22-21(27)19-24-18(17-9-4-5-12-25(17)19)20(26)23-15-7-6-8-16(13-15)28-3/h6-8,13-14H,4-5,9-12H2,1-3H3,(H,22,27)(H,23,26). The largest absolute Gasteiger partial charge is 0.497 e. The number of benzene rings is 1. The first kappa shape index (κ1) is 19.9. The van der Waals surface area contributed by atoms with Gasteiger partial charge in [0.2, 0.25) is 0 Å². The van der Waals surface area contributed by atoms with Crippen LogP contribution in [0.25, 0.3) is 0 Å². The number of anilines is 1. The molecule has 0 atom stereocenters. The molecular formula is C21H28N4O3. The summed E-state index contributed by atoms with van der Waals surface area (Å²) >= 11 is 0. The van der Waals surface area contributed by atoms with E-state index in [0.29, 0.717) is 42.0 Å². The van der Waals surface area contributed by atoms with Crippen molar-refractivity contribution in [2.24, 2.45) is 5.92 Å². The van der Waals surface area contributed by atoms with E-state index < -0.39 is 0 Å². The van der Waals surface area contributed by atoms with E-state index in [1.807, 2.05) is 16.7 Å². The molecule has 7 nitrogen and oxygen atoms in total. The second kappa shape index (κ2) is 8.91. The maximum atomic E-state index is 12.9. The lowest BCUT2D eigenvalue weighted by Crippen LogP contribution is -2.29. The molecule has 28 heavy (non-hydrogen) atoms. The van der Waals surface area contributed by atoms with Crippen molar-refractivity contribution in [3.8, 4) is 5.75 Å². The number of nitrogens with zero attached hydrogens (tertiary/aromatic N) is 2. The molecule has 0 unspecified atom stereocenters. The fourth-order valence-electron chi connectivity index (χ4n) is 3.34. The summed E-state index contributed by atoms with van der Waals surface area (Å²) in [4.78, 5) is 29.9. The maximum absolute atomic E-state index is 12.9. The van der Waals surface area contributed by atoms with Crippen LogP contribution in [0.5, 0.6) is 5.75 Å². The molecule has 0 aliphatic carbocycles. The molecule has 2 N–H and O–H groups in total. The fraction of sp³-hybridized carbons (Fsp3) is 0.476. The summed E-state index contributed by atoms with van der Waals surface area (Å²) < 4.78 is 7.10. The van der Waals surface area contributed by atoms with E-state index in [-0.39, 0.29) is 11.8 Å². The quantitative estimate of drug-likeness (QED) is 0.767. The Labute approximate surface area is 165 Å². The Hall–Kier alpha value is -2.83. The normalized spacial score (nSPS) is 13.1. The highest BCUT2D eigenvalue weighted by molar-refractivity contribution is 6.05. The second-order valence-corrected chi connectivity index (χ2v) is 7.46. The highest BCUT2D eigenvalue weighted by atomic mass is 16.5. The van der Waals surface area contributed by atoms with Crippen molar-refractivity contribution in [2.45, 2.75) is 46.1 Å². The predicted molar refractivity (Wildman–Crippen MR) is 108 cm³/mol. The van der Waals surface area contributed by atoms with Gasteiger partial charge in [0.25, 0.3) is 11.8 Å². The topological polar surface area (TPSA) is 85.2 Å². The number of hydrogen-bond donors (Lipinski definition) is 2. The Bertz CT molecular complexity index is 857. The molecule has 2 aromatic rings. The Morgan fingerprint density at radius 1 is 1.25 bits per heavy atom. The zero-order chi connectivity index (χ0) is 20.1. The molecular weight excluding hydrogens is 356 g/mol. The minimum atomic E-state index is -0.305. The van der Waals surface area contributed by atoms with Crippen molar-refractivity contribution in [3.63, 3.8) is 0 Å². The first-order valence-corrected chi connectivity index (χ1v) is 9.82. The molecule has 7 heteroatoms. The van der Waals surface area contributed by atoms with E-state index in [1.54, 1.807) is 19.2 Å². The van der Waals surface area contributed by atoms with Crippen LogP contribution < -0.4 is 15.4 Å². The van der Waals surface area contributed by atoms with Crippen molar-refractivity contribution < 1.29 is 14.3 Å². The first-order chi connectivity index (χ1) is 13.5. The molecule has 1 aromatic heterocycles. The summed E-state index contributed by atoms with van der Waals surface area (Å²) in [5, 5.41) is 5.79. The molecule has 1 aliphatic rings. The van der Waals surface area contributed by atoms with Gasteiger partial charge in [-0.3, -0.25) is 9.59 Å². The molecule has 2 amide bonds. The average Bonchev–Trinajstić information content (AvgIpc) is 3.08. The molecule has 2 heterocycles. The Morgan fingerprint density at radius 3 is 2.82 bits per heavy atom. The third-order valence-electron chi connectivity index (χ3n) is 4.87. The van der Waals surface area contributed by atoms with Gasteiger partial charge >= 0.3 is 0 Å². The van der Waals surface area contributed by atoms with E-state index in [2.05, 4.69) is 29.5 Å². The minimum absolute atomic E-state index is 0.218. The number of rotatable bonds is 7. The summed E-state index contributed by atoms with van der Waals surface area (Å²) in [7, 11) is 1.58. The molecule has 0 fully saturated rings. The van der Waals surface area contributed by atoms with Crippen molar-refractivity contribution in [2.75, 3.05) is 19.0 Å². The van der Waals surface area contributed by atoms with Crippen molar-refractivity contribution >= 4 is 17.5 Å². The highest BCUT2D eigenvalue weighted by Crippen LogP contribution is 2.23. The van der Waals surface area contributed by atoms with Gasteiger partial charge in [-0.25, -0.2) is 4.98 Å². The Morgan fingerprint density at radius 2 is 2.07 bits per heavy atom. The molecule has 150 valence electrons. The van der Waals surface area contributed by atoms with Crippen LogP contribution in [-0.2, 0) is 13.0 Å². The number of carbonyl (C=O) groups excluding carboxylic acids is 2. The van der Waals surface area contributed by atoms with E-state index >= 15 is 0 Å². The van der Waals surface area contributed by atoms with Crippen LogP contribution >= 0.6 is 0 Å². The van der Waals surface area contributed by atoms with Crippen LogP contribution in [0.15, 0.2) is 24.3 Å². The van der Waals surface area contributed by atoms with Crippen molar-refractivity contribution in [3.05, 3.63) is 41.5 Å². The lowest BCUT2D eigenvalue weighted by atomic mass is 10.1. The van der Waals surface area contributed by atoms with Crippen LogP contribution in [0.4, 0.5) is 5.69 Å². The summed E-state index contributed by atoms with van der Waals surface area (Å²) in [6.45, 7) is 5.54. The average molecular weight is 384 g/mol. The number of nitrogens with one attached hydrogen (secondary N) is 2. The molecule has 1 aromatic carbocycles. The molecule has 0 radical (unpaired) electrons. The van der Waals surface area contributed by atoms with Crippen LogP contribution in [0.1, 0.15) is 59.9 Å². The van der Waals surface area contributed by atoms with Gasteiger partial charge in [0.05, 0.1) is 12.8 Å². The van der Waals surface area contributed by atoms with Gasteiger partial charge in [0.1, 0.15) is 5.75 Å². The lowest BCUT2D eigenvalue weighted by molar-refractivity contribution is 0.0936. The van der Waals surface area contributed by atoms with Crippen LogP contribution in [0.3, 0.4) is 0 Å². The highest BCUT2D eigenvalue weighted by Gasteiger charge is 2.27. The zero-order valence-corrected chi connectivity index (χ0v) is 16.7. The lowest BCUT2D eigenvalue weighted by Gasteiger charge is -2.17. The maximum Gasteiger partial charge on any atom is 0.287 e. The molecule has 0 spiro atoms. The van der Waals surface area contributed by atoms with Gasteiger partial charge in [0.15, 0.2) is 11.5 Å². The van der Waals surface area contributed by atoms with Gasteiger partial charge in [-0.1, -0.05) is 19.9 Å². The van der Waals surface area contributed by atoms with Gasteiger partial charge in [-0.15, -0.1) is 0 Å². The first-order valence-electron chi connectivity index (χ1n) is 9.82. The number of carbonyl (C=O) groups is 2. The number of hydrogen-bond acceptors (Lipinski definition) is 4.